The van der Waals surface area contributed by atoms with Gasteiger partial charge in [0.15, 0.2) is 5.57 Å². The fraction of sp³-hybridized carbons (Fsp3) is 0.0741. The van der Waals surface area contributed by atoms with E-state index >= 15 is 0 Å². The second-order valence-electron chi connectivity index (χ2n) is 7.54. The number of nitrogens with zero attached hydrogens (tertiary/aromatic N) is 2. The number of hydrogen-bond donors (Lipinski definition) is 1. The SMILES string of the molecule is Cc1ccc(NC(=O)/C(C#N)=c2\s/c(=C/c3ccccc3)c(=O)n2-c2ccccc2)cc1C. The first kappa shape index (κ1) is 22.0. The molecular formula is C27H21N3O2S. The van der Waals surface area contributed by atoms with Crippen molar-refractivity contribution in [1.82, 2.24) is 4.57 Å². The molecule has 0 spiro atoms. The Morgan fingerprint density at radius 3 is 2.27 bits per heavy atom. The number of rotatable bonds is 4. The maximum Gasteiger partial charge on any atom is 0.273 e. The van der Waals surface area contributed by atoms with E-state index in [9.17, 15) is 14.9 Å². The molecule has 4 aromatic rings. The summed E-state index contributed by atoms with van der Waals surface area (Å²) in [6.45, 7) is 3.95. The molecule has 5 nitrogen and oxygen atoms in total. The summed E-state index contributed by atoms with van der Waals surface area (Å²) in [5, 5.41) is 12.7. The average molecular weight is 452 g/mol. The number of carbonyl (C=O) groups excluding carboxylic acids is 1. The normalized spacial score (nSPS) is 12.2. The van der Waals surface area contributed by atoms with Crippen LogP contribution in [-0.4, -0.2) is 10.5 Å². The van der Waals surface area contributed by atoms with Gasteiger partial charge in [-0.1, -0.05) is 54.6 Å². The number of aryl methyl sites for hydroxylation is 2. The number of thiazole rings is 1. The Kier molecular flexibility index (Phi) is 6.34. The molecule has 0 saturated carbocycles. The second-order valence-corrected chi connectivity index (χ2v) is 8.57. The van der Waals surface area contributed by atoms with Crippen LogP contribution in [0.15, 0.2) is 83.7 Å². The lowest BCUT2D eigenvalue weighted by molar-refractivity contribution is -0.111. The van der Waals surface area contributed by atoms with Crippen molar-refractivity contribution < 1.29 is 4.79 Å². The molecule has 3 aromatic carbocycles. The summed E-state index contributed by atoms with van der Waals surface area (Å²) in [5.41, 5.74) is 3.78. The predicted octanol–water partition coefficient (Wildman–Crippen LogP) is 3.66. The van der Waals surface area contributed by atoms with Gasteiger partial charge in [-0.25, -0.2) is 0 Å². The van der Waals surface area contributed by atoms with Gasteiger partial charge in [-0.15, -0.1) is 11.3 Å². The van der Waals surface area contributed by atoms with Crippen LogP contribution in [-0.2, 0) is 4.79 Å². The van der Waals surface area contributed by atoms with Crippen molar-refractivity contribution in [2.75, 3.05) is 5.32 Å². The monoisotopic (exact) mass is 451 g/mol. The van der Waals surface area contributed by atoms with Crippen molar-refractivity contribution in [3.8, 4) is 11.8 Å². The van der Waals surface area contributed by atoms with Gasteiger partial charge < -0.3 is 5.32 Å². The highest BCUT2D eigenvalue weighted by molar-refractivity contribution is 7.07. The van der Waals surface area contributed by atoms with E-state index in [4.69, 9.17) is 0 Å². The molecule has 1 amide bonds. The number of nitriles is 1. The Balaban J connectivity index is 1.93. The third kappa shape index (κ3) is 4.69. The van der Waals surface area contributed by atoms with Crippen LogP contribution in [0.5, 0.6) is 0 Å². The van der Waals surface area contributed by atoms with Crippen molar-refractivity contribution in [3.05, 3.63) is 115 Å². The van der Waals surface area contributed by atoms with Gasteiger partial charge in [0, 0.05) is 5.69 Å². The van der Waals surface area contributed by atoms with Crippen LogP contribution >= 0.6 is 11.3 Å². The number of nitrogens with one attached hydrogen (secondary N) is 1. The van der Waals surface area contributed by atoms with Gasteiger partial charge in [-0.2, -0.15) is 5.26 Å². The van der Waals surface area contributed by atoms with Crippen LogP contribution in [0.1, 0.15) is 16.7 Å². The molecule has 4 rings (SSSR count). The molecule has 33 heavy (non-hydrogen) atoms. The summed E-state index contributed by atoms with van der Waals surface area (Å²) in [7, 11) is 0. The summed E-state index contributed by atoms with van der Waals surface area (Å²) in [5.74, 6) is -0.557. The van der Waals surface area contributed by atoms with E-state index in [1.54, 1.807) is 24.3 Å². The van der Waals surface area contributed by atoms with Crippen LogP contribution in [0.2, 0.25) is 0 Å². The lowest BCUT2D eigenvalue weighted by Crippen LogP contribution is -2.32. The fourth-order valence-electron chi connectivity index (χ4n) is 3.37. The van der Waals surface area contributed by atoms with Crippen LogP contribution in [0, 0.1) is 25.2 Å². The highest BCUT2D eigenvalue weighted by atomic mass is 32.1. The molecule has 0 bridgehead atoms. The molecule has 0 unspecified atom stereocenters. The second kappa shape index (κ2) is 9.51. The van der Waals surface area contributed by atoms with Gasteiger partial charge in [0.1, 0.15) is 10.7 Å². The maximum atomic E-state index is 13.4. The van der Waals surface area contributed by atoms with Crippen molar-refractivity contribution >= 4 is 34.6 Å². The van der Waals surface area contributed by atoms with E-state index in [-0.39, 0.29) is 15.8 Å². The zero-order valence-corrected chi connectivity index (χ0v) is 19.0. The van der Waals surface area contributed by atoms with Crippen LogP contribution in [0.4, 0.5) is 5.69 Å². The Bertz CT molecular complexity index is 1540. The molecule has 1 aromatic heterocycles. The first-order valence-corrected chi connectivity index (χ1v) is 11.2. The number of amides is 1. The van der Waals surface area contributed by atoms with Crippen molar-refractivity contribution in [1.29, 1.82) is 5.26 Å². The minimum atomic E-state index is -0.557. The van der Waals surface area contributed by atoms with E-state index < -0.39 is 5.91 Å². The van der Waals surface area contributed by atoms with Crippen LogP contribution < -0.4 is 20.1 Å². The maximum absolute atomic E-state index is 13.4. The zero-order valence-electron chi connectivity index (χ0n) is 18.2. The zero-order chi connectivity index (χ0) is 23.4. The molecule has 1 heterocycles. The van der Waals surface area contributed by atoms with Crippen molar-refractivity contribution in [3.63, 3.8) is 0 Å². The number of carbonyl (C=O) groups is 1. The topological polar surface area (TPSA) is 74.9 Å². The van der Waals surface area contributed by atoms with E-state index in [1.807, 2.05) is 80.6 Å². The number of aromatic nitrogens is 1. The van der Waals surface area contributed by atoms with Crippen molar-refractivity contribution in [2.45, 2.75) is 13.8 Å². The van der Waals surface area contributed by atoms with Crippen LogP contribution in [0.25, 0.3) is 17.3 Å². The van der Waals surface area contributed by atoms with E-state index in [0.717, 1.165) is 28.0 Å². The lowest BCUT2D eigenvalue weighted by Gasteiger charge is -2.07. The molecule has 0 atom stereocenters. The molecule has 6 heteroatoms. The molecule has 1 N–H and O–H groups in total. The minimum Gasteiger partial charge on any atom is -0.321 e. The third-order valence-corrected chi connectivity index (χ3v) is 6.35. The van der Waals surface area contributed by atoms with E-state index in [0.29, 0.717) is 15.9 Å². The Morgan fingerprint density at radius 2 is 1.64 bits per heavy atom. The highest BCUT2D eigenvalue weighted by Gasteiger charge is 2.17. The summed E-state index contributed by atoms with van der Waals surface area (Å²) in [6.07, 6.45) is 1.77. The van der Waals surface area contributed by atoms with E-state index in [2.05, 4.69) is 5.32 Å². The van der Waals surface area contributed by atoms with Gasteiger partial charge >= 0.3 is 0 Å². The first-order chi connectivity index (χ1) is 16.0. The van der Waals surface area contributed by atoms with Gasteiger partial charge in [-0.3, -0.25) is 14.2 Å². The number of hydrogen-bond acceptors (Lipinski definition) is 4. The summed E-state index contributed by atoms with van der Waals surface area (Å²) in [4.78, 5) is 26.5. The van der Waals surface area contributed by atoms with Crippen molar-refractivity contribution in [2.24, 2.45) is 0 Å². The van der Waals surface area contributed by atoms with Gasteiger partial charge in [0.2, 0.25) is 0 Å². The Morgan fingerprint density at radius 1 is 0.970 bits per heavy atom. The molecule has 0 fully saturated rings. The predicted molar refractivity (Wildman–Crippen MR) is 133 cm³/mol. The molecule has 0 aliphatic heterocycles. The summed E-state index contributed by atoms with van der Waals surface area (Å²) >= 11 is 1.13. The van der Waals surface area contributed by atoms with E-state index in [1.165, 1.54) is 4.57 Å². The first-order valence-electron chi connectivity index (χ1n) is 10.3. The highest BCUT2D eigenvalue weighted by Crippen LogP contribution is 2.15. The molecule has 0 aliphatic rings. The Labute approximate surface area is 195 Å². The Hall–Kier alpha value is -4.21. The standard InChI is InChI=1S/C27H21N3O2S/c1-18-13-14-21(15-19(18)2)29-25(31)23(17-28)27-30(22-11-7-4-8-12-22)26(32)24(33-27)16-20-9-5-3-6-10-20/h3-16H,1-2H3,(H,29,31)/b24-16+,27-23-. The molecule has 0 radical (unpaired) electrons. The minimum absolute atomic E-state index is 0.119. The lowest BCUT2D eigenvalue weighted by atomic mass is 10.1. The molecule has 0 aliphatic carbocycles. The number of benzene rings is 3. The molecule has 162 valence electrons. The fourth-order valence-corrected chi connectivity index (χ4v) is 4.47. The van der Waals surface area contributed by atoms with Gasteiger partial charge in [0.25, 0.3) is 11.5 Å². The van der Waals surface area contributed by atoms with Gasteiger partial charge in [0.05, 0.1) is 10.2 Å². The smallest absolute Gasteiger partial charge is 0.273 e. The quantitative estimate of drug-likeness (QED) is 0.515. The summed E-state index contributed by atoms with van der Waals surface area (Å²) < 4.78 is 2.15. The molecular weight excluding hydrogens is 430 g/mol. The third-order valence-electron chi connectivity index (χ3n) is 5.25. The molecule has 0 saturated heterocycles. The number of para-hydroxylation sites is 1. The summed E-state index contributed by atoms with van der Waals surface area (Å²) in [6, 6.07) is 26.1. The largest absolute Gasteiger partial charge is 0.321 e. The average Bonchev–Trinajstić information content (AvgIpc) is 3.13. The van der Waals surface area contributed by atoms with Crippen LogP contribution in [0.3, 0.4) is 0 Å². The van der Waals surface area contributed by atoms with Gasteiger partial charge in [-0.05, 0) is 60.9 Å². The number of anilines is 1.